The predicted molar refractivity (Wildman–Crippen MR) is 136 cm³/mol. The quantitative estimate of drug-likeness (QED) is 0.104. The zero-order chi connectivity index (χ0) is 21.1. The van der Waals surface area contributed by atoms with Crippen molar-refractivity contribution >= 4 is 0 Å². The maximum atomic E-state index is 2.45. The lowest BCUT2D eigenvalue weighted by Crippen LogP contribution is -1.83. The summed E-state index contributed by atoms with van der Waals surface area (Å²) in [4.78, 5) is 0. The van der Waals surface area contributed by atoms with Gasteiger partial charge in [0.1, 0.15) is 0 Å². The Morgan fingerprint density at radius 2 is 0.483 bits per heavy atom. The van der Waals surface area contributed by atoms with Crippen molar-refractivity contribution < 1.29 is 0 Å². The Morgan fingerprint density at radius 3 is 0.724 bits per heavy atom. The summed E-state index contributed by atoms with van der Waals surface area (Å²) in [5, 5.41) is 0. The van der Waals surface area contributed by atoms with Gasteiger partial charge < -0.3 is 0 Å². The molecule has 29 heavy (non-hydrogen) atoms. The fraction of sp³-hybridized carbons (Fsp3) is 0.931. The van der Waals surface area contributed by atoms with Crippen molar-refractivity contribution in [3.05, 3.63) is 12.2 Å². The van der Waals surface area contributed by atoms with E-state index in [9.17, 15) is 0 Å². The van der Waals surface area contributed by atoms with Gasteiger partial charge in [0.25, 0.3) is 0 Å². The third kappa shape index (κ3) is 27.7. The third-order valence-corrected chi connectivity index (χ3v) is 6.37. The van der Waals surface area contributed by atoms with Gasteiger partial charge in [-0.25, -0.2) is 0 Å². The third-order valence-electron chi connectivity index (χ3n) is 6.37. The first kappa shape index (κ1) is 28.7. The molecule has 0 atom stereocenters. The Kier molecular flexibility index (Phi) is 27.5. The first-order valence-electron chi connectivity index (χ1n) is 14.1. The van der Waals surface area contributed by atoms with Crippen molar-refractivity contribution in [2.45, 2.75) is 174 Å². The molecule has 0 heterocycles. The predicted octanol–water partition coefficient (Wildman–Crippen LogP) is 11.3. The zero-order valence-electron chi connectivity index (χ0n) is 20.8. The Hall–Kier alpha value is -0.260. The Bertz CT molecular complexity index is 290. The van der Waals surface area contributed by atoms with Gasteiger partial charge in [-0.15, -0.1) is 0 Å². The maximum absolute atomic E-state index is 2.45. The van der Waals surface area contributed by atoms with E-state index in [1.54, 1.807) is 0 Å². The van der Waals surface area contributed by atoms with Crippen LogP contribution in [0.5, 0.6) is 0 Å². The summed E-state index contributed by atoms with van der Waals surface area (Å²) in [5.74, 6) is 0. The summed E-state index contributed by atoms with van der Waals surface area (Å²) in [7, 11) is 0. The summed E-state index contributed by atoms with van der Waals surface area (Å²) >= 11 is 0. The van der Waals surface area contributed by atoms with Crippen molar-refractivity contribution in [1.29, 1.82) is 0 Å². The van der Waals surface area contributed by atoms with Gasteiger partial charge >= 0.3 is 0 Å². The highest BCUT2D eigenvalue weighted by Crippen LogP contribution is 2.14. The van der Waals surface area contributed by atoms with E-state index in [2.05, 4.69) is 26.0 Å². The van der Waals surface area contributed by atoms with Crippen molar-refractivity contribution in [3.63, 3.8) is 0 Å². The summed E-state index contributed by atoms with van der Waals surface area (Å²) in [5.41, 5.74) is 0. The van der Waals surface area contributed by atoms with Crippen LogP contribution in [0.3, 0.4) is 0 Å². The van der Waals surface area contributed by atoms with Crippen LogP contribution in [0.15, 0.2) is 12.2 Å². The van der Waals surface area contributed by atoms with E-state index in [1.807, 2.05) is 0 Å². The van der Waals surface area contributed by atoms with E-state index in [4.69, 9.17) is 0 Å². The van der Waals surface area contributed by atoms with Crippen LogP contribution in [0.2, 0.25) is 0 Å². The molecule has 0 rings (SSSR count). The Morgan fingerprint density at radius 1 is 0.276 bits per heavy atom. The monoisotopic (exact) mass is 406 g/mol. The summed E-state index contributed by atoms with van der Waals surface area (Å²) in [6.45, 7) is 4.60. The minimum atomic E-state index is 1.31. The molecule has 0 amide bonds. The highest BCUT2D eigenvalue weighted by Gasteiger charge is 1.94. The van der Waals surface area contributed by atoms with Crippen LogP contribution in [0, 0.1) is 0 Å². The van der Waals surface area contributed by atoms with E-state index in [0.29, 0.717) is 0 Å². The summed E-state index contributed by atoms with van der Waals surface area (Å²) in [6, 6.07) is 0. The standard InChI is InChI=1S/C29H58/c1-3-5-7-9-11-13-15-17-19-21-23-25-27-29-28-26-24-22-20-18-16-14-12-10-8-6-4-2/h23,25H,3-22,24,26-29H2,1-2H3/b25-23-. The normalized spacial score (nSPS) is 11.7. The lowest BCUT2D eigenvalue weighted by molar-refractivity contribution is 0.536. The highest BCUT2D eigenvalue weighted by atomic mass is 14.0. The van der Waals surface area contributed by atoms with Gasteiger partial charge in [0.15, 0.2) is 0 Å². The average Bonchev–Trinajstić information content (AvgIpc) is 2.74. The van der Waals surface area contributed by atoms with Crippen molar-refractivity contribution in [1.82, 2.24) is 0 Å². The smallest absolute Gasteiger partial charge is 0.0351 e. The molecule has 0 saturated carbocycles. The van der Waals surface area contributed by atoms with Gasteiger partial charge in [-0.05, 0) is 25.7 Å². The molecule has 174 valence electrons. The van der Waals surface area contributed by atoms with Crippen LogP contribution in [-0.4, -0.2) is 0 Å². The molecule has 0 aromatic heterocycles. The largest absolute Gasteiger partial charge is 0.0885 e. The molecule has 0 bridgehead atoms. The van der Waals surface area contributed by atoms with Gasteiger partial charge in [-0.2, -0.15) is 0 Å². The molecule has 0 fully saturated rings. The maximum Gasteiger partial charge on any atom is -0.0351 e. The van der Waals surface area contributed by atoms with Crippen LogP contribution < -0.4 is 0 Å². The van der Waals surface area contributed by atoms with Crippen LogP contribution in [0.4, 0.5) is 0 Å². The molecule has 0 radical (unpaired) electrons. The molecule has 0 nitrogen and oxygen atoms in total. The van der Waals surface area contributed by atoms with E-state index in [0.717, 1.165) is 0 Å². The summed E-state index contributed by atoms with van der Waals surface area (Å²) in [6.07, 6.45) is 40.9. The minimum Gasteiger partial charge on any atom is -0.0885 e. The van der Waals surface area contributed by atoms with E-state index < -0.39 is 0 Å². The van der Waals surface area contributed by atoms with Crippen LogP contribution in [0.25, 0.3) is 0 Å². The topological polar surface area (TPSA) is 0 Å². The lowest BCUT2D eigenvalue weighted by Gasteiger charge is -2.03. The Labute approximate surface area is 186 Å². The van der Waals surface area contributed by atoms with E-state index in [1.165, 1.54) is 161 Å². The second-order valence-electron chi connectivity index (χ2n) is 9.47. The number of hydrogen-bond acceptors (Lipinski definition) is 0. The van der Waals surface area contributed by atoms with E-state index in [-0.39, 0.29) is 0 Å². The van der Waals surface area contributed by atoms with Gasteiger partial charge in [-0.3, -0.25) is 0 Å². The minimum absolute atomic E-state index is 1.31. The first-order chi connectivity index (χ1) is 14.4. The lowest BCUT2D eigenvalue weighted by atomic mass is 10.0. The van der Waals surface area contributed by atoms with E-state index >= 15 is 0 Å². The van der Waals surface area contributed by atoms with Crippen molar-refractivity contribution in [2.75, 3.05) is 0 Å². The molecule has 0 heteroatoms. The number of unbranched alkanes of at least 4 members (excludes halogenated alkanes) is 23. The fourth-order valence-electron chi connectivity index (χ4n) is 4.27. The van der Waals surface area contributed by atoms with Gasteiger partial charge in [-0.1, -0.05) is 161 Å². The van der Waals surface area contributed by atoms with Crippen LogP contribution in [-0.2, 0) is 0 Å². The zero-order valence-corrected chi connectivity index (χ0v) is 20.8. The van der Waals surface area contributed by atoms with Crippen molar-refractivity contribution in [3.8, 4) is 0 Å². The molecule has 0 aliphatic carbocycles. The molecule has 0 unspecified atom stereocenters. The molecule has 0 spiro atoms. The van der Waals surface area contributed by atoms with Crippen molar-refractivity contribution in [2.24, 2.45) is 0 Å². The number of hydrogen-bond donors (Lipinski definition) is 0. The van der Waals surface area contributed by atoms with Crippen LogP contribution >= 0.6 is 0 Å². The average molecular weight is 407 g/mol. The van der Waals surface area contributed by atoms with Gasteiger partial charge in [0.05, 0.1) is 0 Å². The second-order valence-corrected chi connectivity index (χ2v) is 9.47. The van der Waals surface area contributed by atoms with Crippen LogP contribution in [0.1, 0.15) is 174 Å². The molecule has 0 saturated heterocycles. The first-order valence-corrected chi connectivity index (χ1v) is 14.1. The van der Waals surface area contributed by atoms with Gasteiger partial charge in [0.2, 0.25) is 0 Å². The van der Waals surface area contributed by atoms with Gasteiger partial charge in [0, 0.05) is 0 Å². The molecule has 0 aromatic rings. The molecular formula is C29H58. The molecule has 0 aliphatic rings. The second kappa shape index (κ2) is 27.7. The molecular weight excluding hydrogens is 348 g/mol. The molecule has 0 N–H and O–H groups in total. The molecule has 0 aliphatic heterocycles. The Balaban J connectivity index is 3.05. The SMILES string of the molecule is CCCCCCCCCCC/C=C\CCCCCCCCCCCCCCCC. The summed E-state index contributed by atoms with van der Waals surface area (Å²) < 4.78 is 0. The molecule has 0 aromatic carbocycles. The number of rotatable bonds is 25. The fourth-order valence-corrected chi connectivity index (χ4v) is 4.27. The number of allylic oxidation sites excluding steroid dienone is 2. The highest BCUT2D eigenvalue weighted by molar-refractivity contribution is 4.81.